The van der Waals surface area contributed by atoms with E-state index >= 15 is 0 Å². The van der Waals surface area contributed by atoms with Crippen molar-refractivity contribution < 1.29 is 22.8 Å². The summed E-state index contributed by atoms with van der Waals surface area (Å²) >= 11 is 0. The zero-order valence-corrected chi connectivity index (χ0v) is 11.2. The van der Waals surface area contributed by atoms with E-state index in [4.69, 9.17) is 9.05 Å². The monoisotopic (exact) mass is 274 g/mol. The van der Waals surface area contributed by atoms with Crippen LogP contribution in [0.3, 0.4) is 0 Å². The number of alkyl halides is 1. The Kier molecular flexibility index (Phi) is 5.66. The average Bonchev–Trinajstić information content (AvgIpc) is 2.38. The molecular formula is C12H16FO4P. The van der Waals surface area contributed by atoms with Crippen LogP contribution in [0.25, 0.3) is 0 Å². The molecule has 0 aromatic heterocycles. The van der Waals surface area contributed by atoms with Gasteiger partial charge < -0.3 is 9.05 Å². The van der Waals surface area contributed by atoms with Gasteiger partial charge in [0.1, 0.15) is 0 Å². The maximum atomic E-state index is 14.0. The van der Waals surface area contributed by atoms with Crippen LogP contribution in [0.4, 0.5) is 4.39 Å². The molecular weight excluding hydrogens is 258 g/mol. The zero-order chi connectivity index (χ0) is 13.6. The van der Waals surface area contributed by atoms with Gasteiger partial charge in [-0.3, -0.25) is 9.36 Å². The van der Waals surface area contributed by atoms with Crippen molar-refractivity contribution in [3.63, 3.8) is 0 Å². The van der Waals surface area contributed by atoms with E-state index in [9.17, 15) is 13.8 Å². The van der Waals surface area contributed by atoms with E-state index in [0.29, 0.717) is 0 Å². The van der Waals surface area contributed by atoms with Gasteiger partial charge in [-0.25, -0.2) is 4.39 Å². The number of ketones is 1. The van der Waals surface area contributed by atoms with Crippen LogP contribution in [0.15, 0.2) is 30.3 Å². The summed E-state index contributed by atoms with van der Waals surface area (Å²) in [6.07, 6.45) is 0. The Labute approximate surface area is 106 Å². The van der Waals surface area contributed by atoms with Crippen LogP contribution in [0, 0.1) is 0 Å². The number of benzene rings is 1. The third kappa shape index (κ3) is 3.48. The molecule has 100 valence electrons. The third-order valence-electron chi connectivity index (χ3n) is 2.17. The maximum absolute atomic E-state index is 14.0. The minimum absolute atomic E-state index is 0.0137. The fourth-order valence-corrected chi connectivity index (χ4v) is 2.90. The van der Waals surface area contributed by atoms with Crippen molar-refractivity contribution in [2.24, 2.45) is 0 Å². The number of rotatable bonds is 7. The van der Waals surface area contributed by atoms with Gasteiger partial charge in [0.05, 0.1) is 13.2 Å². The quantitative estimate of drug-likeness (QED) is 0.564. The molecule has 0 fully saturated rings. The van der Waals surface area contributed by atoms with Crippen molar-refractivity contribution in [3.05, 3.63) is 35.9 Å². The Morgan fingerprint density at radius 1 is 1.22 bits per heavy atom. The zero-order valence-electron chi connectivity index (χ0n) is 10.3. The molecule has 0 heterocycles. The van der Waals surface area contributed by atoms with E-state index < -0.39 is 19.3 Å². The van der Waals surface area contributed by atoms with Crippen molar-refractivity contribution in [1.82, 2.24) is 0 Å². The largest absolute Gasteiger partial charge is 0.372 e. The predicted molar refractivity (Wildman–Crippen MR) is 66.5 cm³/mol. The summed E-state index contributed by atoms with van der Waals surface area (Å²) in [7, 11) is -4.05. The molecule has 6 heteroatoms. The molecule has 0 spiro atoms. The predicted octanol–water partition coefficient (Wildman–Crippen LogP) is 3.43. The molecule has 0 aliphatic heterocycles. The maximum Gasteiger partial charge on any atom is 0.372 e. The van der Waals surface area contributed by atoms with E-state index in [1.807, 2.05) is 0 Å². The summed E-state index contributed by atoms with van der Waals surface area (Å²) in [5.41, 5.74) is 0.143. The van der Waals surface area contributed by atoms with Gasteiger partial charge in [0.15, 0.2) is 0 Å². The van der Waals surface area contributed by atoms with Crippen LogP contribution in [0.2, 0.25) is 0 Å². The van der Waals surface area contributed by atoms with Gasteiger partial charge in [-0.1, -0.05) is 30.3 Å². The van der Waals surface area contributed by atoms with Crippen LogP contribution in [-0.2, 0) is 13.6 Å². The molecule has 1 unspecified atom stereocenters. The lowest BCUT2D eigenvalue weighted by Crippen LogP contribution is -2.19. The minimum atomic E-state index is -4.05. The SMILES string of the molecule is CCOP(=O)(OCC)C(F)C(=O)c1ccccc1. The highest BCUT2D eigenvalue weighted by Gasteiger charge is 2.41. The Balaban J connectivity index is 2.93. The van der Waals surface area contributed by atoms with Crippen molar-refractivity contribution in [1.29, 1.82) is 0 Å². The van der Waals surface area contributed by atoms with Gasteiger partial charge >= 0.3 is 7.60 Å². The number of halogens is 1. The summed E-state index contributed by atoms with van der Waals surface area (Å²) in [5.74, 6) is -3.18. The smallest absolute Gasteiger partial charge is 0.307 e. The Morgan fingerprint density at radius 2 is 1.72 bits per heavy atom. The molecule has 0 bridgehead atoms. The van der Waals surface area contributed by atoms with E-state index in [-0.39, 0.29) is 18.8 Å². The summed E-state index contributed by atoms with van der Waals surface area (Å²) in [6, 6.07) is 7.82. The first-order valence-corrected chi connectivity index (χ1v) is 7.28. The molecule has 0 aliphatic rings. The van der Waals surface area contributed by atoms with Gasteiger partial charge in [0.2, 0.25) is 5.78 Å². The number of Topliss-reactive ketones (excluding diaryl/α,β-unsaturated/α-hetero) is 1. The van der Waals surface area contributed by atoms with Crippen LogP contribution >= 0.6 is 7.60 Å². The molecule has 0 radical (unpaired) electrons. The lowest BCUT2D eigenvalue weighted by atomic mass is 10.1. The van der Waals surface area contributed by atoms with Gasteiger partial charge in [-0.15, -0.1) is 0 Å². The van der Waals surface area contributed by atoms with Crippen LogP contribution in [0.5, 0.6) is 0 Å². The van der Waals surface area contributed by atoms with Crippen LogP contribution < -0.4 is 0 Å². The van der Waals surface area contributed by atoms with Gasteiger partial charge in [0.25, 0.3) is 5.91 Å². The van der Waals surface area contributed by atoms with Crippen LogP contribution in [0.1, 0.15) is 24.2 Å². The molecule has 1 rings (SSSR count). The van der Waals surface area contributed by atoms with Crippen molar-refractivity contribution in [2.45, 2.75) is 19.8 Å². The van der Waals surface area contributed by atoms with Crippen molar-refractivity contribution in [2.75, 3.05) is 13.2 Å². The van der Waals surface area contributed by atoms with E-state index in [2.05, 4.69) is 0 Å². The van der Waals surface area contributed by atoms with Crippen LogP contribution in [-0.4, -0.2) is 24.9 Å². The number of hydrogen-bond acceptors (Lipinski definition) is 4. The highest BCUT2D eigenvalue weighted by molar-refractivity contribution is 7.55. The first-order chi connectivity index (χ1) is 8.55. The second kappa shape index (κ2) is 6.78. The molecule has 0 saturated carbocycles. The number of hydrogen-bond donors (Lipinski definition) is 0. The molecule has 0 N–H and O–H groups in total. The van der Waals surface area contributed by atoms with E-state index in [0.717, 1.165) is 0 Å². The van der Waals surface area contributed by atoms with Crippen molar-refractivity contribution in [3.8, 4) is 0 Å². The standard InChI is InChI=1S/C12H16FO4P/c1-3-16-18(15,17-4-2)12(13)11(14)10-8-6-5-7-9-10/h5-9,12H,3-4H2,1-2H3. The molecule has 0 saturated heterocycles. The van der Waals surface area contributed by atoms with Gasteiger partial charge in [-0.05, 0) is 13.8 Å². The highest BCUT2D eigenvalue weighted by atomic mass is 31.2. The topological polar surface area (TPSA) is 52.6 Å². The number of carbonyl (C=O) groups is 1. The Morgan fingerprint density at radius 3 is 2.17 bits per heavy atom. The summed E-state index contributed by atoms with van der Waals surface area (Å²) in [6.45, 7) is 3.15. The summed E-state index contributed by atoms with van der Waals surface area (Å²) in [4.78, 5) is 11.8. The first-order valence-electron chi connectivity index (χ1n) is 5.67. The van der Waals surface area contributed by atoms with Gasteiger partial charge in [0, 0.05) is 5.56 Å². The van der Waals surface area contributed by atoms with Gasteiger partial charge in [-0.2, -0.15) is 0 Å². The molecule has 1 atom stereocenters. The Bertz CT molecular complexity index is 425. The molecule has 0 aliphatic carbocycles. The first kappa shape index (κ1) is 15.0. The number of carbonyl (C=O) groups excluding carboxylic acids is 1. The Hall–Kier alpha value is -1.03. The highest BCUT2D eigenvalue weighted by Crippen LogP contribution is 2.54. The summed E-state index contributed by atoms with van der Waals surface area (Å²) < 4.78 is 35.8. The van der Waals surface area contributed by atoms with Crippen molar-refractivity contribution >= 4 is 13.4 Å². The molecule has 1 aromatic rings. The lowest BCUT2D eigenvalue weighted by molar-refractivity contribution is 0.0895. The van der Waals surface area contributed by atoms with E-state index in [1.165, 1.54) is 12.1 Å². The second-order valence-electron chi connectivity index (χ2n) is 3.44. The third-order valence-corrected chi connectivity index (χ3v) is 4.20. The average molecular weight is 274 g/mol. The normalized spacial score (nSPS) is 13.3. The fraction of sp³-hybridized carbons (Fsp3) is 0.417. The summed E-state index contributed by atoms with van der Waals surface area (Å²) in [5, 5.41) is 0. The minimum Gasteiger partial charge on any atom is -0.307 e. The molecule has 1 aromatic carbocycles. The fourth-order valence-electron chi connectivity index (χ4n) is 1.41. The second-order valence-corrected chi connectivity index (χ2v) is 5.49. The molecule has 4 nitrogen and oxygen atoms in total. The van der Waals surface area contributed by atoms with E-state index in [1.54, 1.807) is 32.0 Å². The molecule has 18 heavy (non-hydrogen) atoms. The molecule has 0 amide bonds. The lowest BCUT2D eigenvalue weighted by Gasteiger charge is -2.19.